The summed E-state index contributed by atoms with van der Waals surface area (Å²) >= 11 is 0. The van der Waals surface area contributed by atoms with E-state index in [0.717, 1.165) is 18.5 Å². The van der Waals surface area contributed by atoms with Crippen molar-refractivity contribution >= 4 is 21.6 Å². The van der Waals surface area contributed by atoms with E-state index in [-0.39, 0.29) is 5.91 Å². The molecule has 0 saturated heterocycles. The van der Waals surface area contributed by atoms with Crippen LogP contribution in [0, 0.1) is 5.92 Å². The van der Waals surface area contributed by atoms with Crippen LogP contribution in [0.3, 0.4) is 0 Å². The van der Waals surface area contributed by atoms with Gasteiger partial charge in [-0.15, -0.1) is 0 Å². The molecule has 1 amide bonds. The normalized spacial score (nSPS) is 18.5. The quantitative estimate of drug-likeness (QED) is 0.762. The Morgan fingerprint density at radius 1 is 1.41 bits per heavy atom. The Morgan fingerprint density at radius 3 is 2.96 bits per heavy atom. The summed E-state index contributed by atoms with van der Waals surface area (Å²) in [4.78, 5) is 23.3. The van der Waals surface area contributed by atoms with E-state index >= 15 is 0 Å². The molecule has 0 radical (unpaired) electrons. The van der Waals surface area contributed by atoms with Crippen molar-refractivity contribution in [3.05, 3.63) is 24.2 Å². The standard InChI is InChI=1S/C17H22N6O3S/c1-26-16-5-6-18-17(20-16)22-7-8-23-13(11-22)14(10-19-23)27(2,25)21-15(24)9-12-3-4-12/h5-6,10,12H,3-4,7-9,11H2,1-2H3. The first-order valence-corrected chi connectivity index (χ1v) is 10.8. The van der Waals surface area contributed by atoms with Crippen LogP contribution in [-0.2, 0) is 27.6 Å². The van der Waals surface area contributed by atoms with Crippen molar-refractivity contribution in [2.24, 2.45) is 10.3 Å². The Kier molecular flexibility index (Phi) is 4.58. The molecule has 1 fully saturated rings. The number of aromatic nitrogens is 4. The van der Waals surface area contributed by atoms with E-state index < -0.39 is 9.73 Å². The molecule has 2 aliphatic rings. The number of hydrogen-bond donors (Lipinski definition) is 0. The largest absolute Gasteiger partial charge is 0.481 e. The lowest BCUT2D eigenvalue weighted by Crippen LogP contribution is -2.35. The molecule has 1 saturated carbocycles. The van der Waals surface area contributed by atoms with Gasteiger partial charge in [0.1, 0.15) is 0 Å². The molecular formula is C17H22N6O3S. The first-order chi connectivity index (χ1) is 13.0. The van der Waals surface area contributed by atoms with Crippen LogP contribution >= 0.6 is 0 Å². The molecule has 2 aromatic rings. The lowest BCUT2D eigenvalue weighted by atomic mass is 10.3. The number of fused-ring (bicyclic) bond motifs is 1. The number of carbonyl (C=O) groups excluding carboxylic acids is 1. The average molecular weight is 390 g/mol. The maximum Gasteiger partial charge on any atom is 0.254 e. The van der Waals surface area contributed by atoms with Gasteiger partial charge in [-0.2, -0.15) is 14.4 Å². The molecular weight excluding hydrogens is 368 g/mol. The summed E-state index contributed by atoms with van der Waals surface area (Å²) in [7, 11) is -1.29. The Morgan fingerprint density at radius 2 is 2.22 bits per heavy atom. The number of nitrogens with zero attached hydrogens (tertiary/aromatic N) is 6. The molecule has 4 rings (SSSR count). The highest BCUT2D eigenvalue weighted by Crippen LogP contribution is 2.33. The number of rotatable bonds is 5. The van der Waals surface area contributed by atoms with E-state index in [0.29, 0.717) is 48.7 Å². The van der Waals surface area contributed by atoms with Crippen molar-refractivity contribution in [2.75, 3.05) is 24.8 Å². The predicted octanol–water partition coefficient (Wildman–Crippen LogP) is 1.49. The van der Waals surface area contributed by atoms with Gasteiger partial charge in [0.15, 0.2) is 0 Å². The summed E-state index contributed by atoms with van der Waals surface area (Å²) in [5.74, 6) is 1.16. The molecule has 1 aliphatic carbocycles. The van der Waals surface area contributed by atoms with E-state index in [9.17, 15) is 9.00 Å². The zero-order valence-electron chi connectivity index (χ0n) is 15.4. The van der Waals surface area contributed by atoms with Crippen molar-refractivity contribution in [2.45, 2.75) is 37.2 Å². The maximum atomic E-state index is 13.2. The van der Waals surface area contributed by atoms with Crippen LogP contribution < -0.4 is 9.64 Å². The summed E-state index contributed by atoms with van der Waals surface area (Å²) in [5.41, 5.74) is 0.781. The molecule has 0 bridgehead atoms. The van der Waals surface area contributed by atoms with Gasteiger partial charge in [0.25, 0.3) is 5.91 Å². The molecule has 144 valence electrons. The smallest absolute Gasteiger partial charge is 0.254 e. The minimum absolute atomic E-state index is 0.284. The fourth-order valence-electron chi connectivity index (χ4n) is 3.16. The van der Waals surface area contributed by atoms with Crippen LogP contribution in [0.2, 0.25) is 0 Å². The van der Waals surface area contributed by atoms with E-state index in [4.69, 9.17) is 4.74 Å². The van der Waals surface area contributed by atoms with Crippen molar-refractivity contribution < 1.29 is 13.7 Å². The topological polar surface area (TPSA) is 103 Å². The van der Waals surface area contributed by atoms with Gasteiger partial charge in [-0.05, 0) is 18.8 Å². The Bertz CT molecular complexity index is 990. The monoisotopic (exact) mass is 390 g/mol. The fourth-order valence-corrected chi connectivity index (χ4v) is 4.57. The second-order valence-corrected chi connectivity index (χ2v) is 9.16. The number of amides is 1. The van der Waals surface area contributed by atoms with Crippen molar-refractivity contribution in [1.82, 2.24) is 19.7 Å². The first-order valence-electron chi connectivity index (χ1n) is 8.88. The van der Waals surface area contributed by atoms with Gasteiger partial charge in [0, 0.05) is 31.5 Å². The van der Waals surface area contributed by atoms with Crippen LogP contribution in [0.4, 0.5) is 5.95 Å². The van der Waals surface area contributed by atoms with Crippen LogP contribution in [0.1, 0.15) is 25.0 Å². The summed E-state index contributed by atoms with van der Waals surface area (Å²) in [6, 6.07) is 1.69. The third kappa shape index (κ3) is 3.80. The molecule has 0 N–H and O–H groups in total. The number of hydrogen-bond acceptors (Lipinski definition) is 7. The zero-order valence-corrected chi connectivity index (χ0v) is 16.2. The summed E-state index contributed by atoms with van der Waals surface area (Å²) in [5, 5.41) is 4.34. The highest BCUT2D eigenvalue weighted by Gasteiger charge is 2.28. The van der Waals surface area contributed by atoms with Gasteiger partial charge in [0.05, 0.1) is 46.7 Å². The molecule has 1 atom stereocenters. The van der Waals surface area contributed by atoms with E-state index in [1.807, 2.05) is 9.58 Å². The second-order valence-electron chi connectivity index (χ2n) is 6.93. The zero-order chi connectivity index (χ0) is 19.0. The predicted molar refractivity (Wildman–Crippen MR) is 99.0 cm³/mol. The van der Waals surface area contributed by atoms with E-state index in [1.54, 1.807) is 25.6 Å². The lowest BCUT2D eigenvalue weighted by Gasteiger charge is -2.28. The maximum absolute atomic E-state index is 13.2. The van der Waals surface area contributed by atoms with Crippen molar-refractivity contribution in [3.8, 4) is 5.88 Å². The Hall–Kier alpha value is -2.49. The van der Waals surface area contributed by atoms with E-state index in [1.165, 1.54) is 6.26 Å². The van der Waals surface area contributed by atoms with Crippen LogP contribution in [0.25, 0.3) is 0 Å². The molecule has 0 aromatic carbocycles. The summed E-state index contributed by atoms with van der Waals surface area (Å²) < 4.78 is 24.2. The third-order valence-corrected chi connectivity index (χ3v) is 6.50. The molecule has 10 heteroatoms. The third-order valence-electron chi connectivity index (χ3n) is 4.79. The van der Waals surface area contributed by atoms with Gasteiger partial charge < -0.3 is 9.64 Å². The van der Waals surface area contributed by atoms with Crippen LogP contribution in [0.5, 0.6) is 5.88 Å². The minimum Gasteiger partial charge on any atom is -0.481 e. The molecule has 2 aromatic heterocycles. The summed E-state index contributed by atoms with van der Waals surface area (Å²) in [6.07, 6.45) is 7.23. The highest BCUT2D eigenvalue weighted by molar-refractivity contribution is 7.93. The van der Waals surface area contributed by atoms with Crippen molar-refractivity contribution in [1.29, 1.82) is 0 Å². The molecule has 0 spiro atoms. The molecule has 27 heavy (non-hydrogen) atoms. The molecule has 3 heterocycles. The Labute approximate surface area is 157 Å². The van der Waals surface area contributed by atoms with Gasteiger partial charge in [-0.1, -0.05) is 0 Å². The first kappa shape index (κ1) is 17.9. The van der Waals surface area contributed by atoms with Gasteiger partial charge in [-0.25, -0.2) is 9.19 Å². The fraction of sp³-hybridized carbons (Fsp3) is 0.529. The number of anilines is 1. The molecule has 1 unspecified atom stereocenters. The van der Waals surface area contributed by atoms with Crippen LogP contribution in [-0.4, -0.2) is 49.8 Å². The van der Waals surface area contributed by atoms with Gasteiger partial charge in [0.2, 0.25) is 11.8 Å². The highest BCUT2D eigenvalue weighted by atomic mass is 32.2. The van der Waals surface area contributed by atoms with Gasteiger partial charge >= 0.3 is 0 Å². The van der Waals surface area contributed by atoms with Crippen LogP contribution in [0.15, 0.2) is 27.7 Å². The van der Waals surface area contributed by atoms with E-state index in [2.05, 4.69) is 19.4 Å². The second kappa shape index (κ2) is 6.91. The average Bonchev–Trinajstić information content (AvgIpc) is 3.34. The lowest BCUT2D eigenvalue weighted by molar-refractivity contribution is -0.117. The molecule has 9 nitrogen and oxygen atoms in total. The number of methoxy groups -OCH3 is 1. The van der Waals surface area contributed by atoms with Crippen molar-refractivity contribution in [3.63, 3.8) is 0 Å². The minimum atomic E-state index is -2.84. The van der Waals surface area contributed by atoms with Gasteiger partial charge in [-0.3, -0.25) is 9.48 Å². The molecule has 1 aliphatic heterocycles. The SMILES string of the molecule is COc1ccnc(N2CCn3ncc(S(C)(=O)=NC(=O)CC4CC4)c3C2)n1. The number of carbonyl (C=O) groups is 1. The summed E-state index contributed by atoms with van der Waals surface area (Å²) in [6.45, 7) is 1.73. The Balaban J connectivity index is 1.61. The number of ether oxygens (including phenoxy) is 1.